The number of hydrogen-bond acceptors (Lipinski definition) is 5. The van der Waals surface area contributed by atoms with Crippen LogP contribution in [0, 0.1) is 25.7 Å². The van der Waals surface area contributed by atoms with Gasteiger partial charge in [-0.2, -0.15) is 0 Å². The van der Waals surface area contributed by atoms with Crippen LogP contribution >= 0.6 is 11.6 Å². The molecule has 0 amide bonds. The molecule has 2 heterocycles. The van der Waals surface area contributed by atoms with Crippen LogP contribution in [-0.4, -0.2) is 47.4 Å². The Kier molecular flexibility index (Phi) is 6.00. The van der Waals surface area contributed by atoms with E-state index in [1.165, 1.54) is 0 Å². The Balaban J connectivity index is 1.41. The van der Waals surface area contributed by atoms with Crippen molar-refractivity contribution in [1.82, 2.24) is 9.88 Å². The number of aliphatic hydroxyl groups is 1. The van der Waals surface area contributed by atoms with Gasteiger partial charge in [-0.3, -0.25) is 9.88 Å². The van der Waals surface area contributed by atoms with Crippen LogP contribution in [0.1, 0.15) is 29.7 Å². The van der Waals surface area contributed by atoms with Crippen LogP contribution in [0.5, 0.6) is 11.5 Å². The van der Waals surface area contributed by atoms with E-state index in [4.69, 9.17) is 21.1 Å². The van der Waals surface area contributed by atoms with Crippen molar-refractivity contribution < 1.29 is 14.6 Å². The Bertz CT molecular complexity index is 875. The van der Waals surface area contributed by atoms with Crippen molar-refractivity contribution in [1.29, 1.82) is 0 Å². The first kappa shape index (κ1) is 20.5. The fourth-order valence-corrected chi connectivity index (χ4v) is 5.08. The van der Waals surface area contributed by atoms with Crippen molar-refractivity contribution in [3.8, 4) is 11.5 Å². The third kappa shape index (κ3) is 4.37. The summed E-state index contributed by atoms with van der Waals surface area (Å²) in [5, 5.41) is 11.3. The lowest BCUT2D eigenvalue weighted by Gasteiger charge is -2.35. The van der Waals surface area contributed by atoms with Gasteiger partial charge in [-0.15, -0.1) is 0 Å². The van der Waals surface area contributed by atoms with Crippen molar-refractivity contribution >= 4 is 11.6 Å². The molecule has 1 N–H and O–H groups in total. The Morgan fingerprint density at radius 3 is 2.69 bits per heavy atom. The summed E-state index contributed by atoms with van der Waals surface area (Å²) in [6, 6.07) is 7.40. The summed E-state index contributed by atoms with van der Waals surface area (Å²) in [6.07, 6.45) is 2.89. The van der Waals surface area contributed by atoms with E-state index in [-0.39, 0.29) is 6.10 Å². The first-order valence-electron chi connectivity index (χ1n) is 10.3. The highest BCUT2D eigenvalue weighted by Crippen LogP contribution is 2.39. The van der Waals surface area contributed by atoms with Gasteiger partial charge in [-0.25, -0.2) is 0 Å². The maximum absolute atomic E-state index is 10.7. The van der Waals surface area contributed by atoms with Gasteiger partial charge in [0.15, 0.2) is 0 Å². The summed E-state index contributed by atoms with van der Waals surface area (Å²) in [4.78, 5) is 7.11. The van der Waals surface area contributed by atoms with Crippen LogP contribution in [0.2, 0.25) is 5.02 Å². The minimum Gasteiger partial charge on any atom is -0.496 e. The second-order valence-corrected chi connectivity index (χ2v) is 8.85. The number of pyridine rings is 1. The topological polar surface area (TPSA) is 54.8 Å². The number of fused-ring (bicyclic) bond motifs is 1. The van der Waals surface area contributed by atoms with E-state index in [0.717, 1.165) is 60.8 Å². The molecule has 1 aliphatic heterocycles. The molecule has 1 aliphatic carbocycles. The van der Waals surface area contributed by atoms with Crippen molar-refractivity contribution in [3.05, 3.63) is 52.3 Å². The Morgan fingerprint density at radius 1 is 1.21 bits per heavy atom. The zero-order chi connectivity index (χ0) is 20.5. The number of aryl methyl sites for hydroxylation is 1. The van der Waals surface area contributed by atoms with Gasteiger partial charge < -0.3 is 14.6 Å². The standard InChI is InChI=1S/C23H29ClN2O3/c1-14-10-25-20(15(2)23(14)28-3)13-26-11-16-7-21(27)22(8-17(16)12-26)29-19-6-4-5-18(24)9-19/h4-6,9-10,16-17,21-22,27H,7-8,11-13H2,1-3H3/t16-,17+,21+,22+/m0/s1. The molecule has 0 bridgehead atoms. The largest absolute Gasteiger partial charge is 0.496 e. The molecule has 4 rings (SSSR count). The van der Waals surface area contributed by atoms with Crippen molar-refractivity contribution in [2.75, 3.05) is 20.2 Å². The summed E-state index contributed by atoms with van der Waals surface area (Å²) in [6.45, 7) is 6.91. The number of hydrogen-bond donors (Lipinski definition) is 1. The average Bonchev–Trinajstić information content (AvgIpc) is 3.06. The van der Waals surface area contributed by atoms with Gasteiger partial charge in [0, 0.05) is 42.0 Å². The van der Waals surface area contributed by atoms with Gasteiger partial charge in [0.05, 0.1) is 18.9 Å². The van der Waals surface area contributed by atoms with Crippen molar-refractivity contribution in [3.63, 3.8) is 0 Å². The van der Waals surface area contributed by atoms with Gasteiger partial charge >= 0.3 is 0 Å². The Morgan fingerprint density at radius 2 is 1.97 bits per heavy atom. The normalized spacial score (nSPS) is 26.9. The summed E-state index contributed by atoms with van der Waals surface area (Å²) in [5.41, 5.74) is 3.25. The van der Waals surface area contributed by atoms with Crippen LogP contribution in [0.4, 0.5) is 0 Å². The molecule has 0 radical (unpaired) electrons. The van der Waals surface area contributed by atoms with E-state index in [2.05, 4.69) is 16.8 Å². The molecule has 6 heteroatoms. The fourth-order valence-electron chi connectivity index (χ4n) is 4.90. The van der Waals surface area contributed by atoms with Crippen LogP contribution in [0.15, 0.2) is 30.5 Å². The number of benzene rings is 1. The second kappa shape index (κ2) is 8.50. The van der Waals surface area contributed by atoms with Crippen LogP contribution in [0.3, 0.4) is 0 Å². The Labute approximate surface area is 177 Å². The number of rotatable bonds is 5. The molecule has 156 valence electrons. The number of aliphatic hydroxyl groups excluding tert-OH is 1. The molecular weight excluding hydrogens is 388 g/mol. The molecule has 1 aromatic carbocycles. The van der Waals surface area contributed by atoms with Crippen LogP contribution in [-0.2, 0) is 6.54 Å². The summed E-state index contributed by atoms with van der Waals surface area (Å²) < 4.78 is 11.6. The molecule has 1 aromatic heterocycles. The molecule has 2 aliphatic rings. The lowest BCUT2D eigenvalue weighted by molar-refractivity contribution is -0.0231. The molecule has 4 atom stereocenters. The first-order chi connectivity index (χ1) is 13.9. The molecular formula is C23H29ClN2O3. The van der Waals surface area contributed by atoms with Crippen molar-refractivity contribution in [2.24, 2.45) is 11.8 Å². The van der Waals surface area contributed by atoms with E-state index >= 15 is 0 Å². The monoisotopic (exact) mass is 416 g/mol. The molecule has 0 unspecified atom stereocenters. The fraction of sp³-hybridized carbons (Fsp3) is 0.522. The highest BCUT2D eigenvalue weighted by Gasteiger charge is 2.42. The predicted octanol–water partition coefficient (Wildman–Crippen LogP) is 4.01. The smallest absolute Gasteiger partial charge is 0.128 e. The first-order valence-corrected chi connectivity index (χ1v) is 10.6. The highest BCUT2D eigenvalue weighted by atomic mass is 35.5. The molecule has 2 aromatic rings. The highest BCUT2D eigenvalue weighted by molar-refractivity contribution is 6.30. The number of likely N-dealkylation sites (tertiary alicyclic amines) is 1. The van der Waals surface area contributed by atoms with Gasteiger partial charge in [-0.1, -0.05) is 17.7 Å². The number of methoxy groups -OCH3 is 1. The predicted molar refractivity (Wildman–Crippen MR) is 114 cm³/mol. The van der Waals surface area contributed by atoms with Crippen molar-refractivity contribution in [2.45, 2.75) is 45.4 Å². The zero-order valence-corrected chi connectivity index (χ0v) is 18.0. The molecule has 2 fully saturated rings. The number of ether oxygens (including phenoxy) is 2. The zero-order valence-electron chi connectivity index (χ0n) is 17.3. The summed E-state index contributed by atoms with van der Waals surface area (Å²) in [7, 11) is 1.71. The lowest BCUT2D eigenvalue weighted by Crippen LogP contribution is -2.42. The van der Waals surface area contributed by atoms with E-state index < -0.39 is 6.10 Å². The quantitative estimate of drug-likeness (QED) is 0.798. The van der Waals surface area contributed by atoms with E-state index in [1.54, 1.807) is 13.2 Å². The Hall–Kier alpha value is -1.82. The average molecular weight is 417 g/mol. The summed E-state index contributed by atoms with van der Waals surface area (Å²) >= 11 is 6.06. The number of nitrogens with zero attached hydrogens (tertiary/aromatic N) is 2. The molecule has 5 nitrogen and oxygen atoms in total. The number of halogens is 1. The maximum Gasteiger partial charge on any atom is 0.128 e. The minimum atomic E-state index is -0.450. The third-order valence-corrected chi connectivity index (χ3v) is 6.60. The molecule has 1 saturated heterocycles. The lowest BCUT2D eigenvalue weighted by atomic mass is 9.78. The van der Waals surface area contributed by atoms with Crippen LogP contribution < -0.4 is 9.47 Å². The van der Waals surface area contributed by atoms with Gasteiger partial charge in [0.2, 0.25) is 0 Å². The number of aromatic nitrogens is 1. The van der Waals surface area contributed by atoms with E-state index in [0.29, 0.717) is 16.9 Å². The maximum atomic E-state index is 10.7. The van der Waals surface area contributed by atoms with Crippen LogP contribution in [0.25, 0.3) is 0 Å². The van der Waals surface area contributed by atoms with Gasteiger partial charge in [-0.05, 0) is 56.7 Å². The SMILES string of the molecule is COc1c(C)cnc(CN2C[C@H]3C[C@@H](Oc4cccc(Cl)c4)[C@H](O)C[C@H]3C2)c1C. The summed E-state index contributed by atoms with van der Waals surface area (Å²) in [5.74, 6) is 2.67. The van der Waals surface area contributed by atoms with E-state index in [9.17, 15) is 5.11 Å². The molecule has 1 saturated carbocycles. The van der Waals surface area contributed by atoms with Gasteiger partial charge in [0.25, 0.3) is 0 Å². The molecule has 0 spiro atoms. The molecule has 29 heavy (non-hydrogen) atoms. The van der Waals surface area contributed by atoms with Gasteiger partial charge in [0.1, 0.15) is 17.6 Å². The minimum absolute atomic E-state index is 0.186. The third-order valence-electron chi connectivity index (χ3n) is 6.37. The van der Waals surface area contributed by atoms with E-state index in [1.807, 2.05) is 31.3 Å². The second-order valence-electron chi connectivity index (χ2n) is 8.41.